The minimum atomic E-state index is -1.05. The van der Waals surface area contributed by atoms with E-state index < -0.39 is 17.3 Å². The van der Waals surface area contributed by atoms with E-state index in [9.17, 15) is 9.59 Å². The van der Waals surface area contributed by atoms with Gasteiger partial charge in [-0.25, -0.2) is 4.79 Å². The van der Waals surface area contributed by atoms with Crippen LogP contribution in [0.2, 0.25) is 0 Å². The van der Waals surface area contributed by atoms with Crippen molar-refractivity contribution in [2.75, 3.05) is 27.3 Å². The molecule has 1 saturated heterocycles. The predicted molar refractivity (Wildman–Crippen MR) is 94.1 cm³/mol. The molecule has 0 aromatic carbocycles. The molecule has 25 heavy (non-hydrogen) atoms. The fourth-order valence-electron chi connectivity index (χ4n) is 3.30. The standard InChI is InChI=1S/C19H29NO5/c1-18(2,3)25-17(22)20-12-9-14(10-13-20)16(21)15-8-6-7-11-19(15,23-4)24-5/h6-8,11,14-15H,9-10,12-13H2,1-5H3. The van der Waals surface area contributed by atoms with Crippen LogP contribution < -0.4 is 0 Å². The van der Waals surface area contributed by atoms with Gasteiger partial charge >= 0.3 is 6.09 Å². The first-order valence-electron chi connectivity index (χ1n) is 8.70. The van der Waals surface area contributed by atoms with Gasteiger partial charge in [0, 0.05) is 33.2 Å². The average molecular weight is 351 g/mol. The molecule has 1 aliphatic heterocycles. The first kappa shape index (κ1) is 19.7. The molecule has 0 radical (unpaired) electrons. The molecule has 6 heteroatoms. The van der Waals surface area contributed by atoms with Gasteiger partial charge in [0.1, 0.15) is 11.4 Å². The molecule has 1 amide bonds. The molecular formula is C19H29NO5. The van der Waals surface area contributed by atoms with E-state index in [0.717, 1.165) is 0 Å². The number of hydrogen-bond donors (Lipinski definition) is 0. The number of carbonyl (C=O) groups is 2. The van der Waals surface area contributed by atoms with Gasteiger partial charge in [-0.3, -0.25) is 4.79 Å². The summed E-state index contributed by atoms with van der Waals surface area (Å²) in [6.45, 7) is 6.58. The summed E-state index contributed by atoms with van der Waals surface area (Å²) >= 11 is 0. The molecule has 140 valence electrons. The topological polar surface area (TPSA) is 65.1 Å². The van der Waals surface area contributed by atoms with Crippen molar-refractivity contribution in [1.29, 1.82) is 0 Å². The second kappa shape index (κ2) is 7.70. The molecule has 0 bridgehead atoms. The molecule has 0 spiro atoms. The van der Waals surface area contributed by atoms with Crippen molar-refractivity contribution in [2.24, 2.45) is 11.8 Å². The van der Waals surface area contributed by atoms with Crippen LogP contribution in [0.3, 0.4) is 0 Å². The summed E-state index contributed by atoms with van der Waals surface area (Å²) in [5.41, 5.74) is -0.514. The van der Waals surface area contributed by atoms with Gasteiger partial charge in [-0.05, 0) is 39.7 Å². The molecule has 6 nitrogen and oxygen atoms in total. The van der Waals surface area contributed by atoms with Crippen LogP contribution in [-0.2, 0) is 19.0 Å². The number of piperidine rings is 1. The highest BCUT2D eigenvalue weighted by Crippen LogP contribution is 2.34. The van der Waals surface area contributed by atoms with Crippen LogP contribution in [0.25, 0.3) is 0 Å². The number of allylic oxidation sites excluding steroid dienone is 2. The van der Waals surface area contributed by atoms with Gasteiger partial charge in [-0.15, -0.1) is 0 Å². The zero-order valence-corrected chi connectivity index (χ0v) is 15.8. The number of methoxy groups -OCH3 is 2. The highest BCUT2D eigenvalue weighted by Gasteiger charge is 2.44. The highest BCUT2D eigenvalue weighted by atomic mass is 16.7. The number of rotatable bonds is 4. The molecule has 0 saturated carbocycles. The Hall–Kier alpha value is -1.66. The van der Waals surface area contributed by atoms with Crippen molar-refractivity contribution in [1.82, 2.24) is 4.90 Å². The monoisotopic (exact) mass is 351 g/mol. The van der Waals surface area contributed by atoms with Crippen molar-refractivity contribution < 1.29 is 23.8 Å². The summed E-state index contributed by atoms with van der Waals surface area (Å²) in [5, 5.41) is 0. The van der Waals surface area contributed by atoms with Crippen molar-refractivity contribution in [2.45, 2.75) is 45.0 Å². The number of amides is 1. The van der Waals surface area contributed by atoms with Crippen molar-refractivity contribution in [3.8, 4) is 0 Å². The van der Waals surface area contributed by atoms with Crippen LogP contribution in [0.1, 0.15) is 33.6 Å². The lowest BCUT2D eigenvalue weighted by Crippen LogP contribution is -2.49. The Morgan fingerprint density at radius 1 is 1.08 bits per heavy atom. The van der Waals surface area contributed by atoms with Crippen LogP contribution >= 0.6 is 0 Å². The number of carbonyl (C=O) groups excluding carboxylic acids is 2. The van der Waals surface area contributed by atoms with E-state index >= 15 is 0 Å². The fraction of sp³-hybridized carbons (Fsp3) is 0.684. The van der Waals surface area contributed by atoms with Gasteiger partial charge in [-0.2, -0.15) is 0 Å². The SMILES string of the molecule is COC1(OC)C=CC=CC1C(=O)C1CCN(C(=O)OC(C)(C)C)CC1. The smallest absolute Gasteiger partial charge is 0.410 e. The van der Waals surface area contributed by atoms with Crippen LogP contribution in [-0.4, -0.2) is 55.5 Å². The number of Topliss-reactive ketones (excluding diaryl/α,β-unsaturated/α-hetero) is 1. The van der Waals surface area contributed by atoms with Crippen molar-refractivity contribution >= 4 is 11.9 Å². The molecule has 0 N–H and O–H groups in total. The molecule has 1 atom stereocenters. The third-order valence-electron chi connectivity index (χ3n) is 4.67. The van der Waals surface area contributed by atoms with Gasteiger partial charge in [0.2, 0.25) is 5.79 Å². The molecule has 0 aromatic heterocycles. The minimum absolute atomic E-state index is 0.0909. The lowest BCUT2D eigenvalue weighted by Gasteiger charge is -2.38. The Kier molecular flexibility index (Phi) is 6.06. The van der Waals surface area contributed by atoms with E-state index in [2.05, 4.69) is 0 Å². The van der Waals surface area contributed by atoms with E-state index in [-0.39, 0.29) is 17.8 Å². The Balaban J connectivity index is 1.98. The summed E-state index contributed by atoms with van der Waals surface area (Å²) < 4.78 is 16.4. The first-order chi connectivity index (χ1) is 11.7. The van der Waals surface area contributed by atoms with Gasteiger partial charge in [0.05, 0.1) is 5.92 Å². The third kappa shape index (κ3) is 4.50. The minimum Gasteiger partial charge on any atom is -0.444 e. The maximum absolute atomic E-state index is 13.0. The molecule has 1 aliphatic carbocycles. The first-order valence-corrected chi connectivity index (χ1v) is 8.70. The summed E-state index contributed by atoms with van der Waals surface area (Å²) in [5.74, 6) is -1.56. The van der Waals surface area contributed by atoms with E-state index in [0.29, 0.717) is 25.9 Å². The van der Waals surface area contributed by atoms with Gasteiger partial charge in [-0.1, -0.05) is 18.2 Å². The number of nitrogens with zero attached hydrogens (tertiary/aromatic N) is 1. The van der Waals surface area contributed by atoms with Gasteiger partial charge in [0.25, 0.3) is 0 Å². The third-order valence-corrected chi connectivity index (χ3v) is 4.67. The molecule has 2 rings (SSSR count). The maximum atomic E-state index is 13.0. The summed E-state index contributed by atoms with van der Waals surface area (Å²) in [6.07, 6.45) is 8.19. The zero-order valence-electron chi connectivity index (χ0n) is 15.8. The molecular weight excluding hydrogens is 322 g/mol. The number of hydrogen-bond acceptors (Lipinski definition) is 5. The molecule has 1 fully saturated rings. The van der Waals surface area contributed by atoms with Crippen LogP contribution in [0.15, 0.2) is 24.3 Å². The number of likely N-dealkylation sites (tertiary alicyclic amines) is 1. The second-order valence-electron chi connectivity index (χ2n) is 7.50. The quantitative estimate of drug-likeness (QED) is 0.729. The van der Waals surface area contributed by atoms with Crippen LogP contribution in [0.5, 0.6) is 0 Å². The van der Waals surface area contributed by atoms with E-state index in [1.807, 2.05) is 39.0 Å². The molecule has 1 unspecified atom stereocenters. The Labute approximate surface area is 149 Å². The lowest BCUT2D eigenvalue weighted by atomic mass is 9.80. The van der Waals surface area contributed by atoms with Crippen LogP contribution in [0.4, 0.5) is 4.79 Å². The number of ether oxygens (including phenoxy) is 3. The summed E-state index contributed by atoms with van der Waals surface area (Å²) in [7, 11) is 3.08. The second-order valence-corrected chi connectivity index (χ2v) is 7.50. The lowest BCUT2D eigenvalue weighted by molar-refractivity contribution is -0.198. The zero-order chi connectivity index (χ0) is 18.7. The summed E-state index contributed by atoms with van der Waals surface area (Å²) in [6, 6.07) is 0. The Bertz CT molecular complexity index is 549. The normalized spacial score (nSPS) is 23.6. The van der Waals surface area contributed by atoms with Crippen molar-refractivity contribution in [3.05, 3.63) is 24.3 Å². The molecule has 1 heterocycles. The van der Waals surface area contributed by atoms with E-state index in [1.54, 1.807) is 25.2 Å². The van der Waals surface area contributed by atoms with Crippen LogP contribution in [0, 0.1) is 11.8 Å². The summed E-state index contributed by atoms with van der Waals surface area (Å²) in [4.78, 5) is 26.8. The van der Waals surface area contributed by atoms with Crippen molar-refractivity contribution in [3.63, 3.8) is 0 Å². The Morgan fingerprint density at radius 2 is 1.68 bits per heavy atom. The van der Waals surface area contributed by atoms with Gasteiger partial charge < -0.3 is 19.1 Å². The Morgan fingerprint density at radius 3 is 2.20 bits per heavy atom. The van der Waals surface area contributed by atoms with E-state index in [4.69, 9.17) is 14.2 Å². The van der Waals surface area contributed by atoms with E-state index in [1.165, 1.54) is 0 Å². The molecule has 2 aliphatic rings. The average Bonchev–Trinajstić information content (AvgIpc) is 2.59. The van der Waals surface area contributed by atoms with Gasteiger partial charge in [0.15, 0.2) is 0 Å². The molecule has 0 aromatic rings. The maximum Gasteiger partial charge on any atom is 0.410 e. The fourth-order valence-corrected chi connectivity index (χ4v) is 3.30. The largest absolute Gasteiger partial charge is 0.444 e. The highest BCUT2D eigenvalue weighted by molar-refractivity contribution is 5.87. The number of ketones is 1. The predicted octanol–water partition coefficient (Wildman–Crippen LogP) is 2.93.